The molecule has 0 radical (unpaired) electrons. The van der Waals surface area contributed by atoms with Gasteiger partial charge in [0.15, 0.2) is 5.60 Å². The van der Waals surface area contributed by atoms with Crippen LogP contribution >= 0.6 is 0 Å². The molecule has 0 heterocycles. The smallest absolute Gasteiger partial charge is 0.315 e. The van der Waals surface area contributed by atoms with E-state index < -0.39 is 64.7 Å². The number of rotatable bonds is 8. The second-order valence-electron chi connectivity index (χ2n) is 8.63. The highest BCUT2D eigenvalue weighted by Gasteiger charge is 2.43. The van der Waals surface area contributed by atoms with Crippen LogP contribution in [0.25, 0.3) is 0 Å². The fourth-order valence-electron chi connectivity index (χ4n) is 3.89. The first kappa shape index (κ1) is 28.7. The van der Waals surface area contributed by atoms with E-state index in [1.807, 2.05) is 0 Å². The molecular formula is C29H19F5O6. The van der Waals surface area contributed by atoms with Crippen molar-refractivity contribution in [2.45, 2.75) is 37.6 Å². The predicted octanol–water partition coefficient (Wildman–Crippen LogP) is 3.99. The van der Waals surface area contributed by atoms with E-state index in [-0.39, 0.29) is 25.4 Å². The quantitative estimate of drug-likeness (QED) is 0.0772. The number of aliphatic hydroxyl groups excluding tert-OH is 1. The Bertz CT molecular complexity index is 1500. The molecule has 1 N–H and O–H groups in total. The summed E-state index contributed by atoms with van der Waals surface area (Å²) in [5.74, 6) is -4.04. The van der Waals surface area contributed by atoms with Gasteiger partial charge in [-0.25, -0.2) is 13.2 Å². The number of hydrogen-bond acceptors (Lipinski definition) is 6. The van der Waals surface area contributed by atoms with Crippen LogP contribution in [0.2, 0.25) is 0 Å². The zero-order valence-electron chi connectivity index (χ0n) is 20.5. The van der Waals surface area contributed by atoms with Crippen molar-refractivity contribution in [1.82, 2.24) is 0 Å². The number of allylic oxidation sites excluding steroid dienone is 3. The molecule has 2 aromatic rings. The van der Waals surface area contributed by atoms with Gasteiger partial charge < -0.3 is 19.3 Å². The minimum Gasteiger partial charge on any atom is -0.420 e. The topological polar surface area (TPSA) is 82.1 Å². The number of carbonyl (C=O) groups is 2. The van der Waals surface area contributed by atoms with E-state index in [1.165, 1.54) is 24.3 Å². The molecule has 2 unspecified atom stereocenters. The van der Waals surface area contributed by atoms with Crippen molar-refractivity contribution in [3.63, 3.8) is 0 Å². The van der Waals surface area contributed by atoms with E-state index in [0.29, 0.717) is 17.5 Å². The van der Waals surface area contributed by atoms with Crippen LogP contribution in [0.1, 0.15) is 24.0 Å². The van der Waals surface area contributed by atoms with Gasteiger partial charge in [-0.2, -0.15) is 8.78 Å². The molecule has 40 heavy (non-hydrogen) atoms. The zero-order valence-corrected chi connectivity index (χ0v) is 20.5. The van der Waals surface area contributed by atoms with Crippen molar-refractivity contribution in [3.05, 3.63) is 88.3 Å². The highest BCUT2D eigenvalue weighted by atomic mass is 19.2. The molecule has 2 bridgehead atoms. The van der Waals surface area contributed by atoms with Crippen LogP contribution in [-0.2, 0) is 32.1 Å². The first-order valence-corrected chi connectivity index (χ1v) is 11.8. The van der Waals surface area contributed by atoms with Crippen LogP contribution < -0.4 is 4.74 Å². The number of hydrogen-bond donors (Lipinski definition) is 1. The lowest BCUT2D eigenvalue weighted by Gasteiger charge is -2.31. The van der Waals surface area contributed by atoms with Crippen LogP contribution in [-0.4, -0.2) is 35.4 Å². The number of aliphatic hydroxyl groups is 1. The lowest BCUT2D eigenvalue weighted by atomic mass is 9.81. The van der Waals surface area contributed by atoms with Crippen molar-refractivity contribution in [2.75, 3.05) is 6.79 Å². The standard InChI is InChI=1S/C29H19F5O6/c30-22-23(31)25(33)27(26(34)24(22)32)40-21(36)14-17-8-10-18(11-9-17)15-38-16-39-29-12-4-2-1-3-7-20(35)19(28(29)37)6-5-13-29/h1-2,6,8-11,20,35H,5,13-16H2/b2-1-. The largest absolute Gasteiger partial charge is 0.420 e. The molecule has 6 nitrogen and oxygen atoms in total. The Hall–Kier alpha value is -4.29. The number of Topliss-reactive ketones (excluding diaryl/α,β-unsaturated/α-hetero) is 1. The summed E-state index contributed by atoms with van der Waals surface area (Å²) in [6.45, 7) is -0.279. The first-order valence-electron chi connectivity index (χ1n) is 11.8. The van der Waals surface area contributed by atoms with Crippen molar-refractivity contribution in [2.24, 2.45) is 0 Å². The van der Waals surface area contributed by atoms with Gasteiger partial charge in [0.1, 0.15) is 12.9 Å². The third kappa shape index (κ3) is 6.13. The highest BCUT2D eigenvalue weighted by Crippen LogP contribution is 2.31. The Kier molecular flexibility index (Phi) is 8.80. The van der Waals surface area contributed by atoms with E-state index in [0.717, 1.165) is 0 Å². The first-order chi connectivity index (χ1) is 19.1. The molecule has 2 aromatic carbocycles. The Morgan fingerprint density at radius 3 is 2.27 bits per heavy atom. The average Bonchev–Trinajstić information content (AvgIpc) is 2.94. The van der Waals surface area contributed by atoms with Crippen LogP contribution in [0.5, 0.6) is 5.75 Å². The molecule has 0 aromatic heterocycles. The number of carbonyl (C=O) groups excluding carboxylic acids is 2. The number of esters is 1. The fraction of sp³-hybridized carbons (Fsp3) is 0.241. The Morgan fingerprint density at radius 1 is 0.950 bits per heavy atom. The minimum atomic E-state index is -2.36. The molecular weight excluding hydrogens is 539 g/mol. The maximum absolute atomic E-state index is 13.7. The number of ether oxygens (including phenoxy) is 3. The second kappa shape index (κ2) is 12.3. The number of benzene rings is 2. The van der Waals surface area contributed by atoms with Gasteiger partial charge in [-0.3, -0.25) is 9.59 Å². The van der Waals surface area contributed by atoms with Gasteiger partial charge in [-0.1, -0.05) is 54.0 Å². The molecule has 0 saturated heterocycles. The van der Waals surface area contributed by atoms with Crippen LogP contribution in [0.4, 0.5) is 22.0 Å². The molecule has 2 aliphatic carbocycles. The summed E-state index contributed by atoms with van der Waals surface area (Å²) in [6.07, 6.45) is 3.42. The van der Waals surface area contributed by atoms with E-state index in [2.05, 4.69) is 28.4 Å². The number of ketones is 1. The summed E-state index contributed by atoms with van der Waals surface area (Å²) in [4.78, 5) is 25.1. The van der Waals surface area contributed by atoms with Crippen LogP contribution in [0, 0.1) is 52.8 Å². The Morgan fingerprint density at radius 2 is 1.57 bits per heavy atom. The second-order valence-corrected chi connectivity index (χ2v) is 8.63. The highest BCUT2D eigenvalue weighted by molar-refractivity contribution is 6.06. The number of halogens is 5. The molecule has 2 atom stereocenters. The summed E-state index contributed by atoms with van der Waals surface area (Å²) in [6, 6.07) is 6.08. The minimum absolute atomic E-state index is 0.0314. The molecule has 0 amide bonds. The monoisotopic (exact) mass is 558 g/mol. The lowest BCUT2D eigenvalue weighted by molar-refractivity contribution is -0.156. The van der Waals surface area contributed by atoms with E-state index in [1.54, 1.807) is 18.2 Å². The maximum Gasteiger partial charge on any atom is 0.315 e. The molecule has 11 heteroatoms. The summed E-state index contributed by atoms with van der Waals surface area (Å²) < 4.78 is 82.9. The van der Waals surface area contributed by atoms with Crippen molar-refractivity contribution in [3.8, 4) is 29.4 Å². The Balaban J connectivity index is 1.32. The molecule has 0 spiro atoms. The van der Waals surface area contributed by atoms with Gasteiger partial charge in [0.2, 0.25) is 40.6 Å². The van der Waals surface area contributed by atoms with Gasteiger partial charge in [-0.05, 0) is 36.1 Å². The molecule has 4 rings (SSSR count). The van der Waals surface area contributed by atoms with Gasteiger partial charge in [0.25, 0.3) is 0 Å². The van der Waals surface area contributed by atoms with E-state index in [9.17, 15) is 36.6 Å². The molecule has 206 valence electrons. The fourth-order valence-corrected chi connectivity index (χ4v) is 3.89. The molecule has 0 aliphatic heterocycles. The zero-order chi connectivity index (χ0) is 28.9. The van der Waals surface area contributed by atoms with Gasteiger partial charge in [0.05, 0.1) is 13.0 Å². The third-order valence-corrected chi connectivity index (χ3v) is 5.94. The summed E-state index contributed by atoms with van der Waals surface area (Å²) in [5, 5.41) is 10.2. The molecule has 2 aliphatic rings. The van der Waals surface area contributed by atoms with E-state index >= 15 is 0 Å². The van der Waals surface area contributed by atoms with Gasteiger partial charge in [0, 0.05) is 5.57 Å². The lowest BCUT2D eigenvalue weighted by Crippen LogP contribution is -2.45. The molecule has 0 fully saturated rings. The van der Waals surface area contributed by atoms with Crippen LogP contribution in [0.3, 0.4) is 0 Å². The summed E-state index contributed by atoms with van der Waals surface area (Å²) in [5.41, 5.74) is -0.447. The van der Waals surface area contributed by atoms with Gasteiger partial charge in [-0.15, -0.1) is 0 Å². The summed E-state index contributed by atoms with van der Waals surface area (Å²) >= 11 is 0. The van der Waals surface area contributed by atoms with E-state index in [4.69, 9.17) is 9.47 Å². The van der Waals surface area contributed by atoms with Crippen molar-refractivity contribution >= 4 is 11.8 Å². The van der Waals surface area contributed by atoms with Crippen molar-refractivity contribution < 1.29 is 50.9 Å². The Labute approximate surface area is 225 Å². The molecule has 0 saturated carbocycles. The van der Waals surface area contributed by atoms with Gasteiger partial charge >= 0.3 is 5.97 Å². The average molecular weight is 558 g/mol. The maximum atomic E-state index is 13.7. The van der Waals surface area contributed by atoms with Crippen molar-refractivity contribution in [1.29, 1.82) is 0 Å². The normalized spacial score (nSPS) is 20.4. The van der Waals surface area contributed by atoms with Crippen LogP contribution in [0.15, 0.2) is 48.1 Å². The third-order valence-electron chi connectivity index (χ3n) is 5.94. The summed E-state index contributed by atoms with van der Waals surface area (Å²) in [7, 11) is 0. The SMILES string of the molecule is O=C(Cc1ccc(COCOC23C#C/C=C\C#CC(O)C(=CCC2)C3=O)cc1)Oc1c(F)c(F)c(F)c(F)c1F. The predicted molar refractivity (Wildman–Crippen MR) is 129 cm³/mol. The number of fused-ring (bicyclic) bond motifs is 2.